The number of aliphatic hydroxyl groups is 2. The molecule has 21 heteroatoms. The number of aliphatic hydroxyl groups excluding tert-OH is 1. The van der Waals surface area contributed by atoms with Crippen molar-refractivity contribution in [3.63, 3.8) is 0 Å². The molecule has 4 fully saturated rings. The Balaban J connectivity index is 1.12. The number of nitrogens with zero attached hydrogens (tertiary/aromatic N) is 2. The lowest BCUT2D eigenvalue weighted by Crippen LogP contribution is -2.69. The number of ether oxygens (including phenoxy) is 4. The Kier molecular flexibility index (Phi) is 16.9. The first-order valence-corrected chi connectivity index (χ1v) is 32.2. The van der Waals surface area contributed by atoms with Gasteiger partial charge in [0.05, 0.1) is 46.0 Å². The van der Waals surface area contributed by atoms with E-state index in [-0.39, 0.29) is 31.5 Å². The summed E-state index contributed by atoms with van der Waals surface area (Å²) < 4.78 is 86.3. The Morgan fingerprint density at radius 2 is 1.55 bits per heavy atom. The van der Waals surface area contributed by atoms with Crippen LogP contribution in [-0.2, 0) is 47.2 Å². The normalized spacial score (nSPS) is 31.5. The smallest absolute Gasteiger partial charge is 0.475 e. The highest BCUT2D eigenvalue weighted by Gasteiger charge is 2.76. The summed E-state index contributed by atoms with van der Waals surface area (Å²) in [5.41, 5.74) is -7.70. The van der Waals surface area contributed by atoms with Crippen LogP contribution >= 0.6 is 7.82 Å². The zero-order valence-electron chi connectivity index (χ0n) is 48.1. The van der Waals surface area contributed by atoms with Crippen LogP contribution in [0.5, 0.6) is 11.5 Å². The average molecular weight is 1170 g/mol. The summed E-state index contributed by atoms with van der Waals surface area (Å²) in [6, 6.07) is 27.1. The molecule has 0 amide bonds. The molecule has 3 saturated carbocycles. The fourth-order valence-corrected chi connectivity index (χ4v) is 16.2. The molecule has 3 N–H and O–H groups in total. The van der Waals surface area contributed by atoms with Crippen molar-refractivity contribution in [1.29, 1.82) is 5.26 Å². The van der Waals surface area contributed by atoms with Crippen molar-refractivity contribution in [2.45, 2.75) is 139 Å². The predicted octanol–water partition coefficient (Wildman–Crippen LogP) is 9.21. The number of allylic oxidation sites excluding steroid dienone is 4. The second-order valence-electron chi connectivity index (χ2n) is 24.4. The number of carbonyl (C=O) groups excluding carboxylic acids is 2. The van der Waals surface area contributed by atoms with Crippen molar-refractivity contribution in [3.8, 4) is 17.6 Å². The SMILES string of the molecule is COc1ccc(C(OC[C@H]2O[C@@H](n3ccc(=O)[nH]c3=O)[C@@H](O[Si](C)(C)C(C)(C)C)C2OP(=O)(OCCC#N)OCC(=O)[C@@]2(O)[C@H](C)C[C@H]3[C@@H]4CCC5=CC(=O)C=C[C@]5(C)[C@@]4(F)[C@@H](O)C[C@@]32C)(c2ccccc2)c2ccc(OC)cc2)cc1. The average Bonchev–Trinajstić information content (AvgIpc) is 2.11. The topological polar surface area (TPSA) is 244 Å². The number of Topliss-reactive ketones (excluding diaryl/α,β-unsaturated/α-hetero) is 1. The van der Waals surface area contributed by atoms with Gasteiger partial charge in [-0.15, -0.1) is 0 Å². The molecule has 1 aliphatic heterocycles. The number of methoxy groups -OCH3 is 2. The van der Waals surface area contributed by atoms with Crippen LogP contribution in [0.2, 0.25) is 18.1 Å². The number of hydrogen-bond acceptors (Lipinski definition) is 16. The first kappa shape index (κ1) is 60.9. The van der Waals surface area contributed by atoms with Gasteiger partial charge in [0.2, 0.25) is 0 Å². The van der Waals surface area contributed by atoms with Gasteiger partial charge in [-0.2, -0.15) is 5.26 Å². The molecule has 2 unspecified atom stereocenters. The van der Waals surface area contributed by atoms with Gasteiger partial charge in [-0.25, -0.2) is 13.8 Å². The van der Waals surface area contributed by atoms with Crippen molar-refractivity contribution < 1.29 is 65.7 Å². The molecule has 0 radical (unpaired) electrons. The molecular formula is C61H75FN3O15PSi. The Morgan fingerprint density at radius 1 is 0.927 bits per heavy atom. The number of carbonyl (C=O) groups is 2. The van der Waals surface area contributed by atoms with Crippen LogP contribution in [0, 0.1) is 39.9 Å². The summed E-state index contributed by atoms with van der Waals surface area (Å²) >= 11 is 0. The van der Waals surface area contributed by atoms with Crippen molar-refractivity contribution in [1.82, 2.24) is 9.55 Å². The van der Waals surface area contributed by atoms with Crippen LogP contribution in [0.1, 0.15) is 96.6 Å². The number of phosphoric acid groups is 1. The van der Waals surface area contributed by atoms with Crippen LogP contribution in [0.3, 0.4) is 0 Å². The molecule has 3 aromatic carbocycles. The fraction of sp³-hybridized carbons (Fsp3) is 0.525. The predicted molar refractivity (Wildman–Crippen MR) is 303 cm³/mol. The Labute approximate surface area is 478 Å². The highest BCUT2D eigenvalue weighted by Crippen LogP contribution is 2.71. The summed E-state index contributed by atoms with van der Waals surface area (Å²) in [5, 5.41) is 34.3. The quantitative estimate of drug-likeness (QED) is 0.0323. The van der Waals surface area contributed by atoms with E-state index in [1.54, 1.807) is 59.3 Å². The largest absolute Gasteiger partial charge is 0.497 e. The third kappa shape index (κ3) is 10.4. The van der Waals surface area contributed by atoms with E-state index in [9.17, 15) is 29.9 Å². The van der Waals surface area contributed by atoms with E-state index in [1.807, 2.05) is 94.5 Å². The molecule has 82 heavy (non-hydrogen) atoms. The maximum Gasteiger partial charge on any atom is 0.475 e. The van der Waals surface area contributed by atoms with Gasteiger partial charge in [0, 0.05) is 29.0 Å². The fourth-order valence-electron chi connectivity index (χ4n) is 13.6. The highest BCUT2D eigenvalue weighted by atomic mass is 31.2. The molecule has 0 bridgehead atoms. The number of fused-ring (bicyclic) bond motifs is 5. The number of H-pyrrole nitrogens is 1. The lowest BCUT2D eigenvalue weighted by Gasteiger charge is -2.62. The third-order valence-electron chi connectivity index (χ3n) is 19.0. The molecule has 4 aromatic rings. The molecule has 5 aliphatic rings. The zero-order chi connectivity index (χ0) is 59.4. The van der Waals surface area contributed by atoms with Crippen molar-refractivity contribution in [2.75, 3.05) is 34.0 Å². The minimum atomic E-state index is -5.16. The van der Waals surface area contributed by atoms with E-state index in [4.69, 9.17) is 36.9 Å². The summed E-state index contributed by atoms with van der Waals surface area (Å²) in [7, 11) is -5.05. The molecule has 440 valence electrons. The number of nitrogens with one attached hydrogen (secondary N) is 1. The standard InChI is InChI=1S/C61H75FN3O15PSi/c1-38-33-47-46-26-21-42-34-43(66)27-29-57(42,5)60(46,62)49(67)35-58(47,6)61(38,71)50(68)37-77-81(72,76-32-14-30-63)79-52-48(78-54(65-31-28-51(69)64-55(65)70)53(52)80-82(9,10)56(2,3)4)36-75-59(39-15-12-11-13-16-39,40-17-22-44(73-7)23-18-40)41-19-24-45(74-8)25-20-41/h11-13,15-20,22-25,27-29,31,34,38,46-49,52-54,67,71H,14,21,26,32-33,35-37H2,1-10H3,(H,64,69,70)/t38-,46+,47+,48-,49+,52?,53+,54-,57+,58+,60+,61+,81?/m1/s1. The van der Waals surface area contributed by atoms with E-state index >= 15 is 13.8 Å². The Bertz CT molecular complexity index is 3260. The molecule has 13 atom stereocenters. The van der Waals surface area contributed by atoms with Gasteiger partial charge in [0.1, 0.15) is 47.6 Å². The zero-order valence-corrected chi connectivity index (χ0v) is 50.0. The first-order chi connectivity index (χ1) is 38.7. The van der Waals surface area contributed by atoms with Crippen molar-refractivity contribution in [2.24, 2.45) is 28.6 Å². The number of hydrogen-bond donors (Lipinski definition) is 3. The molecular weight excluding hydrogens is 1090 g/mol. The lowest BCUT2D eigenvalue weighted by atomic mass is 9.44. The second-order valence-corrected chi connectivity index (χ2v) is 30.7. The number of nitriles is 1. The van der Waals surface area contributed by atoms with Gasteiger partial charge >= 0.3 is 13.5 Å². The summed E-state index contributed by atoms with van der Waals surface area (Å²) in [6.07, 6.45) is -1.60. The minimum Gasteiger partial charge on any atom is -0.497 e. The van der Waals surface area contributed by atoms with Gasteiger partial charge in [-0.1, -0.05) is 101 Å². The number of aromatic nitrogens is 2. The molecule has 18 nitrogen and oxygen atoms in total. The van der Waals surface area contributed by atoms with Crippen LogP contribution in [0.25, 0.3) is 0 Å². The number of halogens is 1. The number of alkyl halides is 1. The summed E-state index contributed by atoms with van der Waals surface area (Å²) in [6.45, 7) is 12.9. The van der Waals surface area contributed by atoms with Gasteiger partial charge < -0.3 is 33.6 Å². The van der Waals surface area contributed by atoms with E-state index in [0.717, 1.165) is 10.6 Å². The summed E-state index contributed by atoms with van der Waals surface area (Å²) in [5.74, 6) is -2.30. The van der Waals surface area contributed by atoms with Crippen LogP contribution in [0.15, 0.2) is 125 Å². The van der Waals surface area contributed by atoms with Gasteiger partial charge in [0.25, 0.3) is 5.56 Å². The molecule has 9 rings (SSSR count). The van der Waals surface area contributed by atoms with Crippen molar-refractivity contribution in [3.05, 3.63) is 152 Å². The monoisotopic (exact) mass is 1170 g/mol. The summed E-state index contributed by atoms with van der Waals surface area (Å²) in [4.78, 5) is 56.4. The highest BCUT2D eigenvalue weighted by molar-refractivity contribution is 7.48. The maximum absolute atomic E-state index is 18.1. The minimum absolute atomic E-state index is 0.197. The molecule has 1 aromatic heterocycles. The van der Waals surface area contributed by atoms with E-state index in [0.29, 0.717) is 40.2 Å². The molecule has 1 saturated heterocycles. The molecule has 2 heterocycles. The van der Waals surface area contributed by atoms with Crippen LogP contribution in [-0.4, -0.2) is 109 Å². The number of rotatable bonds is 20. The Hall–Kier alpha value is -5.69. The van der Waals surface area contributed by atoms with Gasteiger partial charge in [-0.3, -0.25) is 37.5 Å². The van der Waals surface area contributed by atoms with Gasteiger partial charge in [-0.05, 0) is 116 Å². The number of aromatic amines is 1. The van der Waals surface area contributed by atoms with E-state index < -0.39 is 134 Å². The molecule has 0 spiro atoms. The van der Waals surface area contributed by atoms with Crippen LogP contribution < -0.4 is 20.7 Å². The third-order valence-corrected chi connectivity index (χ3v) is 24.9. The number of benzene rings is 3. The van der Waals surface area contributed by atoms with Crippen molar-refractivity contribution >= 4 is 27.7 Å². The Morgan fingerprint density at radius 3 is 2.13 bits per heavy atom. The van der Waals surface area contributed by atoms with Crippen LogP contribution in [0.4, 0.5) is 4.39 Å². The number of ketones is 2. The lowest BCUT2D eigenvalue weighted by molar-refractivity contribution is -0.219. The van der Waals surface area contributed by atoms with E-state index in [2.05, 4.69) is 4.98 Å². The second kappa shape index (κ2) is 22.7. The number of phosphoric ester groups is 1. The van der Waals surface area contributed by atoms with Gasteiger partial charge in [0.15, 0.2) is 31.8 Å². The molecule has 4 aliphatic carbocycles. The maximum atomic E-state index is 18.1. The van der Waals surface area contributed by atoms with E-state index in [1.165, 1.54) is 24.4 Å². The first-order valence-electron chi connectivity index (χ1n) is 27.8.